The van der Waals surface area contributed by atoms with Crippen LogP contribution in [0.25, 0.3) is 0 Å². The average Bonchev–Trinajstić information content (AvgIpc) is 3.32. The van der Waals surface area contributed by atoms with Gasteiger partial charge < -0.3 is 20.0 Å². The molecule has 9 heteroatoms. The summed E-state index contributed by atoms with van der Waals surface area (Å²) in [6, 6.07) is 2.12. The predicted octanol–water partition coefficient (Wildman–Crippen LogP) is 3.29. The number of amides is 1. The monoisotopic (exact) mass is 531 g/mol. The second-order valence-electron chi connectivity index (χ2n) is 7.91. The number of carbonyl (C=O) groups excluding carboxylic acids is 1. The van der Waals surface area contributed by atoms with Crippen LogP contribution in [0.3, 0.4) is 0 Å². The van der Waals surface area contributed by atoms with Crippen molar-refractivity contribution in [3.8, 4) is 0 Å². The molecule has 160 valence electrons. The second-order valence-corrected chi connectivity index (χ2v) is 8.91. The first-order valence-corrected chi connectivity index (χ1v) is 10.5. The van der Waals surface area contributed by atoms with Crippen LogP contribution in [0.15, 0.2) is 27.1 Å². The van der Waals surface area contributed by atoms with Gasteiger partial charge in [-0.2, -0.15) is 0 Å². The number of nitrogens with one attached hydrogen (secondary N) is 2. The third kappa shape index (κ3) is 6.43. The van der Waals surface area contributed by atoms with E-state index in [1.165, 1.54) is 10.4 Å². The smallest absolute Gasteiger partial charge is 0.224 e. The Morgan fingerprint density at radius 3 is 2.86 bits per heavy atom. The first-order chi connectivity index (χ1) is 13.4. The highest BCUT2D eigenvalue weighted by molar-refractivity contribution is 14.0. The summed E-state index contributed by atoms with van der Waals surface area (Å²) in [5.41, 5.74) is 1.22. The van der Waals surface area contributed by atoms with Crippen LogP contribution in [-0.2, 0) is 29.7 Å². The van der Waals surface area contributed by atoms with Gasteiger partial charge in [0.2, 0.25) is 11.8 Å². The van der Waals surface area contributed by atoms with Gasteiger partial charge in [-0.25, -0.2) is 4.98 Å². The number of nitrogens with zero attached hydrogens (tertiary/aromatic N) is 3. The van der Waals surface area contributed by atoms with E-state index in [0.717, 1.165) is 25.3 Å². The first-order valence-electron chi connectivity index (χ1n) is 9.59. The lowest BCUT2D eigenvalue weighted by Gasteiger charge is -2.27. The summed E-state index contributed by atoms with van der Waals surface area (Å²) in [4.78, 5) is 24.3. The van der Waals surface area contributed by atoms with Gasteiger partial charge >= 0.3 is 0 Å². The lowest BCUT2D eigenvalue weighted by molar-refractivity contribution is -0.131. The van der Waals surface area contributed by atoms with Crippen LogP contribution in [0.5, 0.6) is 0 Å². The number of thiophene rings is 1. The highest BCUT2D eigenvalue weighted by Gasteiger charge is 2.21. The van der Waals surface area contributed by atoms with Crippen molar-refractivity contribution in [1.82, 2.24) is 20.5 Å². The van der Waals surface area contributed by atoms with Crippen molar-refractivity contribution in [2.75, 3.05) is 20.1 Å². The lowest BCUT2D eigenvalue weighted by atomic mass is 9.94. The van der Waals surface area contributed by atoms with Gasteiger partial charge in [0.1, 0.15) is 5.76 Å². The maximum atomic E-state index is 12.5. The van der Waals surface area contributed by atoms with Gasteiger partial charge in [0.15, 0.2) is 5.96 Å². The Bertz CT molecular complexity index is 840. The molecule has 0 saturated heterocycles. The van der Waals surface area contributed by atoms with E-state index in [4.69, 9.17) is 4.42 Å². The van der Waals surface area contributed by atoms with E-state index in [1.807, 2.05) is 4.90 Å². The summed E-state index contributed by atoms with van der Waals surface area (Å²) in [5.74, 6) is 2.27. The Labute approximate surface area is 193 Å². The van der Waals surface area contributed by atoms with Crippen molar-refractivity contribution < 1.29 is 9.21 Å². The van der Waals surface area contributed by atoms with Crippen molar-refractivity contribution in [2.24, 2.45) is 4.99 Å². The van der Waals surface area contributed by atoms with Crippen LogP contribution in [0.1, 0.15) is 49.3 Å². The molecule has 0 aromatic carbocycles. The fraction of sp³-hybridized carbons (Fsp3) is 0.550. The fourth-order valence-corrected chi connectivity index (χ4v) is 3.92. The number of halogens is 1. The van der Waals surface area contributed by atoms with Crippen molar-refractivity contribution >= 4 is 47.2 Å². The summed E-state index contributed by atoms with van der Waals surface area (Å²) in [6.45, 7) is 8.77. The van der Waals surface area contributed by atoms with Crippen molar-refractivity contribution in [3.63, 3.8) is 0 Å². The minimum absolute atomic E-state index is 0. The largest absolute Gasteiger partial charge is 0.443 e. The van der Waals surface area contributed by atoms with Gasteiger partial charge in [0.25, 0.3) is 0 Å². The number of rotatable bonds is 5. The summed E-state index contributed by atoms with van der Waals surface area (Å²) < 4.78 is 5.77. The molecule has 1 aliphatic rings. The van der Waals surface area contributed by atoms with Gasteiger partial charge in [0, 0.05) is 43.4 Å². The number of guanidine groups is 1. The third-order valence-corrected chi connectivity index (χ3v) is 5.74. The third-order valence-electron chi connectivity index (χ3n) is 4.72. The lowest BCUT2D eigenvalue weighted by Crippen LogP contribution is -2.40. The maximum Gasteiger partial charge on any atom is 0.224 e. The summed E-state index contributed by atoms with van der Waals surface area (Å²) in [6.07, 6.45) is 3.17. The number of aliphatic imine (C=N–C) groups is 1. The quantitative estimate of drug-likeness (QED) is 0.352. The Morgan fingerprint density at radius 2 is 2.17 bits per heavy atom. The Morgan fingerprint density at radius 1 is 1.38 bits per heavy atom. The Balaban J connectivity index is 0.00000300. The molecule has 0 bridgehead atoms. The summed E-state index contributed by atoms with van der Waals surface area (Å²) in [7, 11) is 1.70. The van der Waals surface area contributed by atoms with Crippen LogP contribution in [-0.4, -0.2) is 41.9 Å². The van der Waals surface area contributed by atoms with Crippen LogP contribution in [0.2, 0.25) is 0 Å². The predicted molar refractivity (Wildman–Crippen MR) is 127 cm³/mol. The highest BCUT2D eigenvalue weighted by atomic mass is 127. The minimum Gasteiger partial charge on any atom is -0.443 e. The molecule has 0 spiro atoms. The summed E-state index contributed by atoms with van der Waals surface area (Å²) in [5, 5.41) is 8.46. The second kappa shape index (κ2) is 10.4. The van der Waals surface area contributed by atoms with E-state index in [-0.39, 0.29) is 35.3 Å². The van der Waals surface area contributed by atoms with E-state index < -0.39 is 0 Å². The first kappa shape index (κ1) is 23.7. The van der Waals surface area contributed by atoms with E-state index in [9.17, 15) is 4.79 Å². The fourth-order valence-electron chi connectivity index (χ4n) is 3.03. The molecular formula is C20H30IN5O2S. The van der Waals surface area contributed by atoms with E-state index in [0.29, 0.717) is 31.4 Å². The molecular weight excluding hydrogens is 501 g/mol. The van der Waals surface area contributed by atoms with Crippen LogP contribution < -0.4 is 10.6 Å². The number of hydrogen-bond acceptors (Lipinski definition) is 5. The molecule has 0 aliphatic carbocycles. The molecule has 1 amide bonds. The van der Waals surface area contributed by atoms with Gasteiger partial charge in [-0.15, -0.1) is 35.3 Å². The Kier molecular flexibility index (Phi) is 8.50. The zero-order valence-electron chi connectivity index (χ0n) is 17.4. The standard InChI is InChI=1S/C20H29N5O2S.HI/c1-20(2,3)16-11-23-17(27-16)12-24-19(21-4)22-8-5-18(26)25-9-6-15-14(13-25)7-10-28-15;/h7,10-11H,5-6,8-9,12-13H2,1-4H3,(H2,21,22,24);1H. The van der Waals surface area contributed by atoms with Crippen LogP contribution >= 0.6 is 35.3 Å². The number of carbonyl (C=O) groups is 1. The molecule has 0 saturated carbocycles. The molecule has 0 fully saturated rings. The SMILES string of the molecule is CN=C(NCCC(=O)N1CCc2sccc2C1)NCc1ncc(C(C)(C)C)o1.I. The Hall–Kier alpha value is -1.62. The normalized spacial score (nSPS) is 14.2. The van der Waals surface area contributed by atoms with Gasteiger partial charge in [-0.1, -0.05) is 20.8 Å². The molecule has 0 radical (unpaired) electrons. The minimum atomic E-state index is -0.0657. The summed E-state index contributed by atoms with van der Waals surface area (Å²) >= 11 is 1.78. The van der Waals surface area contributed by atoms with E-state index >= 15 is 0 Å². The number of hydrogen-bond donors (Lipinski definition) is 2. The van der Waals surface area contributed by atoms with Gasteiger partial charge in [-0.3, -0.25) is 9.79 Å². The van der Waals surface area contributed by atoms with E-state index in [2.05, 4.69) is 52.8 Å². The molecule has 29 heavy (non-hydrogen) atoms. The molecule has 3 rings (SSSR count). The van der Waals surface area contributed by atoms with Crippen molar-refractivity contribution in [1.29, 1.82) is 0 Å². The number of aromatic nitrogens is 1. The van der Waals surface area contributed by atoms with Crippen molar-refractivity contribution in [3.05, 3.63) is 39.7 Å². The zero-order chi connectivity index (χ0) is 20.1. The topological polar surface area (TPSA) is 82.8 Å². The van der Waals surface area contributed by atoms with Crippen LogP contribution in [0, 0.1) is 0 Å². The molecule has 2 aromatic rings. The molecule has 2 aromatic heterocycles. The molecule has 0 unspecified atom stereocenters. The van der Waals surface area contributed by atoms with Gasteiger partial charge in [0.05, 0.1) is 12.7 Å². The zero-order valence-corrected chi connectivity index (χ0v) is 20.6. The van der Waals surface area contributed by atoms with Crippen molar-refractivity contribution in [2.45, 2.75) is 52.1 Å². The number of fused-ring (bicyclic) bond motifs is 1. The average molecular weight is 531 g/mol. The molecule has 7 nitrogen and oxygen atoms in total. The molecule has 3 heterocycles. The molecule has 1 aliphatic heterocycles. The molecule has 2 N–H and O–H groups in total. The highest BCUT2D eigenvalue weighted by Crippen LogP contribution is 2.24. The number of oxazole rings is 1. The van der Waals surface area contributed by atoms with Gasteiger partial charge in [-0.05, 0) is 23.4 Å². The van der Waals surface area contributed by atoms with Crippen LogP contribution in [0.4, 0.5) is 0 Å². The van der Waals surface area contributed by atoms with E-state index in [1.54, 1.807) is 24.6 Å². The molecule has 0 atom stereocenters. The maximum absolute atomic E-state index is 12.5.